The number of carbonyl (C=O) groups is 2. The Hall–Kier alpha value is -3.07. The SMILES string of the molecule is Cc1ccccc1CN(C(=O)CN(c1cc(Cl)cc(Cl)c1)S(=O)(=O)c1ccccc1)[C@H](C)C(=O)NC1CCCCC1. The lowest BCUT2D eigenvalue weighted by molar-refractivity contribution is -0.139. The fourth-order valence-electron chi connectivity index (χ4n) is 5.05. The van der Waals surface area contributed by atoms with Crippen LogP contribution in [0.25, 0.3) is 0 Å². The number of aryl methyl sites for hydroxylation is 1. The van der Waals surface area contributed by atoms with Gasteiger partial charge in [-0.15, -0.1) is 0 Å². The van der Waals surface area contributed by atoms with Gasteiger partial charge < -0.3 is 10.2 Å². The first-order chi connectivity index (χ1) is 19.6. The van der Waals surface area contributed by atoms with E-state index in [2.05, 4.69) is 5.32 Å². The zero-order valence-electron chi connectivity index (χ0n) is 23.2. The third-order valence-electron chi connectivity index (χ3n) is 7.47. The predicted molar refractivity (Wildman–Crippen MR) is 164 cm³/mol. The molecule has 0 radical (unpaired) electrons. The Bertz CT molecular complexity index is 1460. The first-order valence-electron chi connectivity index (χ1n) is 13.7. The molecule has 0 aliphatic heterocycles. The van der Waals surface area contributed by atoms with Crippen LogP contribution in [0.1, 0.15) is 50.2 Å². The standard InChI is InChI=1S/C31H35Cl2N3O4S/c1-22-11-9-10-12-24(22)20-35(23(2)31(38)34-27-13-5-3-6-14-27)30(37)21-36(28-18-25(32)17-26(33)19-28)41(39,40)29-15-7-4-8-16-29/h4,7-12,15-19,23,27H,3,5-6,13-14,20-21H2,1-2H3,(H,34,38)/t23-/m1/s1. The number of sulfonamides is 1. The number of nitrogens with one attached hydrogen (secondary N) is 1. The van der Waals surface area contributed by atoms with Crippen LogP contribution in [0.2, 0.25) is 10.0 Å². The van der Waals surface area contributed by atoms with Crippen LogP contribution in [0.5, 0.6) is 0 Å². The van der Waals surface area contributed by atoms with Crippen LogP contribution in [-0.2, 0) is 26.2 Å². The van der Waals surface area contributed by atoms with Gasteiger partial charge in [0.2, 0.25) is 11.8 Å². The summed E-state index contributed by atoms with van der Waals surface area (Å²) in [6.45, 7) is 3.20. The summed E-state index contributed by atoms with van der Waals surface area (Å²) in [5, 5.41) is 3.56. The van der Waals surface area contributed by atoms with E-state index >= 15 is 0 Å². The quantitative estimate of drug-likeness (QED) is 0.287. The maximum atomic E-state index is 14.1. The van der Waals surface area contributed by atoms with Crippen molar-refractivity contribution in [3.05, 3.63) is 94.0 Å². The second-order valence-electron chi connectivity index (χ2n) is 10.4. The molecule has 0 unspecified atom stereocenters. The van der Waals surface area contributed by atoms with E-state index in [1.54, 1.807) is 25.1 Å². The minimum Gasteiger partial charge on any atom is -0.352 e. The van der Waals surface area contributed by atoms with Crippen molar-refractivity contribution >= 4 is 50.7 Å². The third-order valence-corrected chi connectivity index (χ3v) is 9.69. The molecule has 218 valence electrons. The van der Waals surface area contributed by atoms with Crippen molar-refractivity contribution < 1.29 is 18.0 Å². The van der Waals surface area contributed by atoms with Crippen molar-refractivity contribution in [3.8, 4) is 0 Å². The minimum atomic E-state index is -4.20. The van der Waals surface area contributed by atoms with E-state index < -0.39 is 28.5 Å². The molecular weight excluding hydrogens is 581 g/mol. The predicted octanol–water partition coefficient (Wildman–Crippen LogP) is 6.36. The molecule has 1 N–H and O–H groups in total. The summed E-state index contributed by atoms with van der Waals surface area (Å²) in [5.74, 6) is -0.794. The summed E-state index contributed by atoms with van der Waals surface area (Å²) in [5.41, 5.74) is 1.97. The number of amides is 2. The number of hydrogen-bond donors (Lipinski definition) is 1. The van der Waals surface area contributed by atoms with Crippen LogP contribution < -0.4 is 9.62 Å². The third kappa shape index (κ3) is 7.82. The molecule has 41 heavy (non-hydrogen) atoms. The van der Waals surface area contributed by atoms with Gasteiger partial charge in [0.15, 0.2) is 0 Å². The van der Waals surface area contributed by atoms with E-state index in [-0.39, 0.29) is 39.1 Å². The van der Waals surface area contributed by atoms with Gasteiger partial charge in [0.1, 0.15) is 12.6 Å². The number of benzene rings is 3. The molecule has 1 aliphatic rings. The van der Waals surface area contributed by atoms with E-state index in [0.29, 0.717) is 0 Å². The Morgan fingerprint density at radius 1 is 0.927 bits per heavy atom. The van der Waals surface area contributed by atoms with Crippen LogP contribution in [0.3, 0.4) is 0 Å². The Morgan fingerprint density at radius 2 is 1.54 bits per heavy atom. The van der Waals surface area contributed by atoms with Gasteiger partial charge in [-0.2, -0.15) is 0 Å². The van der Waals surface area contributed by atoms with Crippen LogP contribution in [0, 0.1) is 6.92 Å². The van der Waals surface area contributed by atoms with Crippen molar-refractivity contribution in [2.24, 2.45) is 0 Å². The maximum Gasteiger partial charge on any atom is 0.264 e. The number of nitrogens with zero attached hydrogens (tertiary/aromatic N) is 2. The van der Waals surface area contributed by atoms with Gasteiger partial charge in [0.05, 0.1) is 10.6 Å². The number of carbonyl (C=O) groups excluding carboxylic acids is 2. The highest BCUT2D eigenvalue weighted by atomic mass is 35.5. The van der Waals surface area contributed by atoms with Crippen LogP contribution in [-0.4, -0.2) is 43.8 Å². The number of halogens is 2. The summed E-state index contributed by atoms with van der Waals surface area (Å²) in [7, 11) is -4.20. The van der Waals surface area contributed by atoms with Crippen molar-refractivity contribution in [1.29, 1.82) is 0 Å². The molecule has 0 aromatic heterocycles. The molecule has 7 nitrogen and oxygen atoms in total. The van der Waals surface area contributed by atoms with Crippen molar-refractivity contribution in [3.63, 3.8) is 0 Å². The molecule has 0 saturated heterocycles. The van der Waals surface area contributed by atoms with Gasteiger partial charge in [0.25, 0.3) is 10.0 Å². The van der Waals surface area contributed by atoms with Crippen LogP contribution in [0.15, 0.2) is 77.7 Å². The maximum absolute atomic E-state index is 14.1. The van der Waals surface area contributed by atoms with Crippen LogP contribution in [0.4, 0.5) is 5.69 Å². The van der Waals surface area contributed by atoms with Crippen molar-refractivity contribution in [1.82, 2.24) is 10.2 Å². The highest BCUT2D eigenvalue weighted by Crippen LogP contribution is 2.30. The number of anilines is 1. The Kier molecular flexibility index (Phi) is 10.3. The molecular formula is C31H35Cl2N3O4S. The topological polar surface area (TPSA) is 86.8 Å². The minimum absolute atomic E-state index is 0.0115. The Labute approximate surface area is 252 Å². The highest BCUT2D eigenvalue weighted by molar-refractivity contribution is 7.92. The second-order valence-corrected chi connectivity index (χ2v) is 13.2. The molecule has 10 heteroatoms. The molecule has 2 amide bonds. The normalized spacial score (nSPS) is 14.7. The number of rotatable bonds is 10. The molecule has 1 saturated carbocycles. The molecule has 0 bridgehead atoms. The number of hydrogen-bond acceptors (Lipinski definition) is 4. The summed E-state index contributed by atoms with van der Waals surface area (Å²) in [6.07, 6.45) is 5.07. The van der Waals surface area contributed by atoms with Gasteiger partial charge in [-0.1, -0.05) is 84.9 Å². The smallest absolute Gasteiger partial charge is 0.264 e. The average Bonchev–Trinajstić information content (AvgIpc) is 2.95. The fraction of sp³-hybridized carbons (Fsp3) is 0.355. The zero-order valence-corrected chi connectivity index (χ0v) is 25.6. The molecule has 3 aromatic rings. The molecule has 4 rings (SSSR count). The lowest BCUT2D eigenvalue weighted by Crippen LogP contribution is -2.53. The zero-order chi connectivity index (χ0) is 29.6. The summed E-state index contributed by atoms with van der Waals surface area (Å²) < 4.78 is 28.8. The van der Waals surface area contributed by atoms with Gasteiger partial charge in [-0.25, -0.2) is 8.42 Å². The van der Waals surface area contributed by atoms with E-state index in [0.717, 1.165) is 47.5 Å². The van der Waals surface area contributed by atoms with Gasteiger partial charge in [-0.3, -0.25) is 13.9 Å². The van der Waals surface area contributed by atoms with Crippen molar-refractivity contribution in [2.75, 3.05) is 10.8 Å². The molecule has 1 fully saturated rings. The summed E-state index contributed by atoms with van der Waals surface area (Å²) in [4.78, 5) is 29.0. The van der Waals surface area contributed by atoms with Gasteiger partial charge in [-0.05, 0) is 68.1 Å². The van der Waals surface area contributed by atoms with Crippen LogP contribution >= 0.6 is 23.2 Å². The van der Waals surface area contributed by atoms with Gasteiger partial charge >= 0.3 is 0 Å². The lowest BCUT2D eigenvalue weighted by atomic mass is 9.95. The fourth-order valence-corrected chi connectivity index (χ4v) is 6.99. The molecule has 0 spiro atoms. The highest BCUT2D eigenvalue weighted by Gasteiger charge is 2.33. The average molecular weight is 617 g/mol. The largest absolute Gasteiger partial charge is 0.352 e. The summed E-state index contributed by atoms with van der Waals surface area (Å²) >= 11 is 12.5. The van der Waals surface area contributed by atoms with E-state index in [9.17, 15) is 18.0 Å². The van der Waals surface area contributed by atoms with E-state index in [1.807, 2.05) is 31.2 Å². The molecule has 1 atom stereocenters. The van der Waals surface area contributed by atoms with Gasteiger partial charge in [0, 0.05) is 22.6 Å². The van der Waals surface area contributed by atoms with E-state index in [4.69, 9.17) is 23.2 Å². The monoisotopic (exact) mass is 615 g/mol. The molecule has 3 aromatic carbocycles. The Morgan fingerprint density at radius 3 is 2.17 bits per heavy atom. The van der Waals surface area contributed by atoms with Crippen molar-refractivity contribution in [2.45, 2.75) is 69.5 Å². The second kappa shape index (κ2) is 13.7. The van der Waals surface area contributed by atoms with E-state index in [1.165, 1.54) is 35.2 Å². The summed E-state index contributed by atoms with van der Waals surface area (Å²) in [6, 6.07) is 19.1. The first-order valence-corrected chi connectivity index (χ1v) is 15.9. The first kappa shape index (κ1) is 30.9. The lowest BCUT2D eigenvalue weighted by Gasteiger charge is -2.33. The Balaban J connectivity index is 1.70. The molecule has 1 aliphatic carbocycles. The molecule has 0 heterocycles.